The van der Waals surface area contributed by atoms with Crippen molar-refractivity contribution in [3.8, 4) is 0 Å². The van der Waals surface area contributed by atoms with Gasteiger partial charge in [0.25, 0.3) is 0 Å². The maximum absolute atomic E-state index is 12.5. The van der Waals surface area contributed by atoms with E-state index >= 15 is 0 Å². The molecule has 5 nitrogen and oxygen atoms in total. The van der Waals surface area contributed by atoms with Gasteiger partial charge in [-0.2, -0.15) is 0 Å². The Bertz CT molecular complexity index is 393. The second-order valence-corrected chi connectivity index (χ2v) is 6.55. The molecule has 0 radical (unpaired) electrons. The largest absolute Gasteiger partial charge is 0.480 e. The van der Waals surface area contributed by atoms with Crippen LogP contribution in [0.1, 0.15) is 65.2 Å². The maximum Gasteiger partial charge on any atom is 0.324 e. The lowest BCUT2D eigenvalue weighted by Crippen LogP contribution is -2.58. The third-order valence-electron chi connectivity index (χ3n) is 5.15. The first-order chi connectivity index (χ1) is 10.0. The number of rotatable bonds is 6. The van der Waals surface area contributed by atoms with Gasteiger partial charge in [-0.15, -0.1) is 0 Å². The van der Waals surface area contributed by atoms with E-state index in [-0.39, 0.29) is 18.0 Å². The molecule has 0 spiro atoms. The molecular formula is C16H28N2O3. The minimum absolute atomic E-state index is 0.00877. The van der Waals surface area contributed by atoms with Gasteiger partial charge in [-0.05, 0) is 39.0 Å². The smallest absolute Gasteiger partial charge is 0.324 e. The topological polar surface area (TPSA) is 69.6 Å². The quantitative estimate of drug-likeness (QED) is 0.788. The average Bonchev–Trinajstić information content (AvgIpc) is 3.08. The molecule has 0 aromatic heterocycles. The highest BCUT2D eigenvalue weighted by Crippen LogP contribution is 2.35. The van der Waals surface area contributed by atoms with Crippen LogP contribution in [-0.2, 0) is 9.59 Å². The second kappa shape index (κ2) is 6.77. The second-order valence-electron chi connectivity index (χ2n) is 6.55. The molecule has 1 saturated carbocycles. The Morgan fingerprint density at radius 1 is 1.33 bits per heavy atom. The van der Waals surface area contributed by atoms with Gasteiger partial charge in [0, 0.05) is 12.6 Å². The highest BCUT2D eigenvalue weighted by atomic mass is 16.4. The minimum Gasteiger partial charge on any atom is -0.480 e. The van der Waals surface area contributed by atoms with Gasteiger partial charge in [0.05, 0.1) is 6.04 Å². The Hall–Kier alpha value is -1.10. The molecule has 1 aliphatic heterocycles. The molecule has 1 saturated heterocycles. The molecule has 2 unspecified atom stereocenters. The van der Waals surface area contributed by atoms with Crippen molar-refractivity contribution in [1.82, 2.24) is 10.2 Å². The monoisotopic (exact) mass is 296 g/mol. The van der Waals surface area contributed by atoms with Crippen molar-refractivity contribution >= 4 is 11.9 Å². The molecule has 2 rings (SSSR count). The Morgan fingerprint density at radius 2 is 2.00 bits per heavy atom. The van der Waals surface area contributed by atoms with Crippen LogP contribution < -0.4 is 5.32 Å². The average molecular weight is 296 g/mol. The number of amides is 1. The van der Waals surface area contributed by atoms with Gasteiger partial charge in [-0.25, -0.2) is 0 Å². The summed E-state index contributed by atoms with van der Waals surface area (Å²) < 4.78 is 0. The third kappa shape index (κ3) is 3.23. The molecule has 1 aliphatic carbocycles. The highest BCUT2D eigenvalue weighted by Gasteiger charge is 2.49. The van der Waals surface area contributed by atoms with E-state index in [0.29, 0.717) is 19.4 Å². The summed E-state index contributed by atoms with van der Waals surface area (Å²) in [7, 11) is 0. The number of carbonyl (C=O) groups is 2. The number of hydrogen-bond donors (Lipinski definition) is 2. The maximum atomic E-state index is 12.5. The zero-order valence-corrected chi connectivity index (χ0v) is 13.2. The molecule has 2 atom stereocenters. The Balaban J connectivity index is 2.06. The first-order valence-electron chi connectivity index (χ1n) is 8.32. The lowest BCUT2D eigenvalue weighted by atomic mass is 9.89. The van der Waals surface area contributed by atoms with E-state index in [9.17, 15) is 14.7 Å². The summed E-state index contributed by atoms with van der Waals surface area (Å²) in [5.74, 6) is -0.784. The van der Waals surface area contributed by atoms with E-state index in [2.05, 4.69) is 5.32 Å². The van der Waals surface area contributed by atoms with Gasteiger partial charge in [-0.3, -0.25) is 14.5 Å². The third-order valence-corrected chi connectivity index (χ3v) is 5.15. The van der Waals surface area contributed by atoms with Crippen molar-refractivity contribution in [3.05, 3.63) is 0 Å². The first kappa shape index (κ1) is 16.3. The van der Waals surface area contributed by atoms with Crippen LogP contribution in [0.2, 0.25) is 0 Å². The molecule has 0 aromatic carbocycles. The van der Waals surface area contributed by atoms with Crippen molar-refractivity contribution in [2.24, 2.45) is 0 Å². The molecule has 5 heteroatoms. The molecule has 2 N–H and O–H groups in total. The number of hydrogen-bond acceptors (Lipinski definition) is 3. The zero-order chi connectivity index (χ0) is 15.5. The lowest BCUT2D eigenvalue weighted by Gasteiger charge is -2.38. The molecule has 0 bridgehead atoms. The van der Waals surface area contributed by atoms with Crippen LogP contribution >= 0.6 is 0 Å². The van der Waals surface area contributed by atoms with Crippen LogP contribution in [-0.4, -0.2) is 46.1 Å². The van der Waals surface area contributed by atoms with Crippen LogP contribution in [0.25, 0.3) is 0 Å². The van der Waals surface area contributed by atoms with Crippen LogP contribution in [0, 0.1) is 0 Å². The van der Waals surface area contributed by atoms with Crippen LogP contribution in [0.4, 0.5) is 0 Å². The molecule has 21 heavy (non-hydrogen) atoms. The SMILES string of the molecule is CCCC1(C(=O)O)CCCN1C(C)C(=O)NC1CCCC1. The molecule has 1 heterocycles. The lowest BCUT2D eigenvalue weighted by molar-refractivity contribution is -0.153. The van der Waals surface area contributed by atoms with E-state index < -0.39 is 11.5 Å². The molecular weight excluding hydrogens is 268 g/mol. The summed E-state index contributed by atoms with van der Waals surface area (Å²) in [6, 6.07) is -0.0799. The number of carboxylic acid groups (broad SMARTS) is 1. The standard InChI is InChI=1S/C16H28N2O3/c1-3-9-16(15(20)21)10-6-11-18(16)12(2)14(19)17-13-7-4-5-8-13/h12-13H,3-11H2,1-2H3,(H,17,19)(H,20,21). The predicted octanol–water partition coefficient (Wildman–Crippen LogP) is 2.15. The molecule has 2 aliphatic rings. The number of nitrogens with zero attached hydrogens (tertiary/aromatic N) is 1. The summed E-state index contributed by atoms with van der Waals surface area (Å²) in [6.45, 7) is 4.55. The molecule has 120 valence electrons. The predicted molar refractivity (Wildman–Crippen MR) is 81.1 cm³/mol. The van der Waals surface area contributed by atoms with E-state index in [1.807, 2.05) is 18.7 Å². The van der Waals surface area contributed by atoms with Crippen LogP contribution in [0.5, 0.6) is 0 Å². The van der Waals surface area contributed by atoms with Gasteiger partial charge in [0.1, 0.15) is 5.54 Å². The van der Waals surface area contributed by atoms with E-state index in [1.54, 1.807) is 0 Å². The van der Waals surface area contributed by atoms with E-state index in [1.165, 1.54) is 12.8 Å². The normalized spacial score (nSPS) is 28.7. The summed E-state index contributed by atoms with van der Waals surface area (Å²) in [6.07, 6.45) is 7.40. The summed E-state index contributed by atoms with van der Waals surface area (Å²) in [4.78, 5) is 26.2. The van der Waals surface area contributed by atoms with Crippen molar-refractivity contribution < 1.29 is 14.7 Å². The minimum atomic E-state index is -0.846. The van der Waals surface area contributed by atoms with Crippen molar-refractivity contribution in [2.45, 2.75) is 82.8 Å². The van der Waals surface area contributed by atoms with E-state index in [0.717, 1.165) is 25.7 Å². The summed E-state index contributed by atoms with van der Waals surface area (Å²) in [5, 5.41) is 12.8. The van der Waals surface area contributed by atoms with Crippen molar-refractivity contribution in [1.29, 1.82) is 0 Å². The van der Waals surface area contributed by atoms with Gasteiger partial charge in [-0.1, -0.05) is 26.2 Å². The Morgan fingerprint density at radius 3 is 2.57 bits per heavy atom. The summed E-state index contributed by atoms with van der Waals surface area (Å²) >= 11 is 0. The molecule has 0 aromatic rings. The zero-order valence-electron chi connectivity index (χ0n) is 13.2. The molecule has 1 amide bonds. The van der Waals surface area contributed by atoms with Gasteiger partial charge in [0.15, 0.2) is 0 Å². The van der Waals surface area contributed by atoms with E-state index in [4.69, 9.17) is 0 Å². The van der Waals surface area contributed by atoms with Gasteiger partial charge < -0.3 is 10.4 Å². The highest BCUT2D eigenvalue weighted by molar-refractivity contribution is 5.85. The Kier molecular flexibility index (Phi) is 5.25. The summed E-state index contributed by atoms with van der Waals surface area (Å²) in [5.41, 5.74) is -0.846. The van der Waals surface area contributed by atoms with Gasteiger partial charge in [0.2, 0.25) is 5.91 Å². The number of nitrogens with one attached hydrogen (secondary N) is 1. The Labute approximate surface area is 127 Å². The van der Waals surface area contributed by atoms with Gasteiger partial charge >= 0.3 is 5.97 Å². The number of carbonyl (C=O) groups excluding carboxylic acids is 1. The van der Waals surface area contributed by atoms with Crippen molar-refractivity contribution in [3.63, 3.8) is 0 Å². The number of aliphatic carboxylic acids is 1. The van der Waals surface area contributed by atoms with Crippen LogP contribution in [0.15, 0.2) is 0 Å². The number of likely N-dealkylation sites (tertiary alicyclic amines) is 1. The molecule has 2 fully saturated rings. The first-order valence-corrected chi connectivity index (χ1v) is 8.32. The fourth-order valence-electron chi connectivity index (χ4n) is 4.02. The number of carboxylic acids is 1. The fourth-order valence-corrected chi connectivity index (χ4v) is 4.02. The van der Waals surface area contributed by atoms with Crippen molar-refractivity contribution in [2.75, 3.05) is 6.54 Å². The van der Waals surface area contributed by atoms with Crippen LogP contribution in [0.3, 0.4) is 0 Å². The fraction of sp³-hybridized carbons (Fsp3) is 0.875.